The van der Waals surface area contributed by atoms with Crippen molar-refractivity contribution >= 4 is 11.9 Å². The summed E-state index contributed by atoms with van der Waals surface area (Å²) in [7, 11) is 1.44. The van der Waals surface area contributed by atoms with E-state index in [0.717, 1.165) is 11.0 Å². The van der Waals surface area contributed by atoms with Crippen molar-refractivity contribution in [2.24, 2.45) is 0 Å². The first-order chi connectivity index (χ1) is 9.93. The first-order valence-electron chi connectivity index (χ1n) is 6.38. The maximum atomic E-state index is 12.7. The summed E-state index contributed by atoms with van der Waals surface area (Å²) in [6.45, 7) is 0.130. The fourth-order valence-corrected chi connectivity index (χ4v) is 2.40. The van der Waals surface area contributed by atoms with Crippen molar-refractivity contribution in [2.75, 3.05) is 13.7 Å². The van der Waals surface area contributed by atoms with Crippen LogP contribution >= 0.6 is 0 Å². The highest BCUT2D eigenvalue weighted by Crippen LogP contribution is 2.25. The van der Waals surface area contributed by atoms with Crippen molar-refractivity contribution in [1.82, 2.24) is 4.90 Å². The van der Waals surface area contributed by atoms with Gasteiger partial charge in [-0.15, -0.1) is 0 Å². The first kappa shape index (κ1) is 15.4. The highest BCUT2D eigenvalue weighted by Gasteiger charge is 2.40. The Labute approximate surface area is 120 Å². The van der Waals surface area contributed by atoms with E-state index in [1.165, 1.54) is 25.3 Å². The van der Waals surface area contributed by atoms with E-state index in [1.807, 2.05) is 0 Å². The summed E-state index contributed by atoms with van der Waals surface area (Å²) in [5.74, 6) is -1.71. The van der Waals surface area contributed by atoms with Crippen LogP contribution in [0.15, 0.2) is 24.3 Å². The van der Waals surface area contributed by atoms with Gasteiger partial charge in [0, 0.05) is 31.2 Å². The van der Waals surface area contributed by atoms with Crippen molar-refractivity contribution in [1.29, 1.82) is 0 Å². The van der Waals surface area contributed by atoms with Gasteiger partial charge in [-0.3, -0.25) is 4.79 Å². The lowest BCUT2D eigenvalue weighted by Gasteiger charge is -2.21. The molecule has 1 heterocycles. The lowest BCUT2D eigenvalue weighted by molar-refractivity contribution is -0.141. The van der Waals surface area contributed by atoms with Crippen molar-refractivity contribution in [3.8, 4) is 0 Å². The topological polar surface area (TPSA) is 66.8 Å². The van der Waals surface area contributed by atoms with E-state index >= 15 is 0 Å². The molecule has 2 atom stereocenters. The van der Waals surface area contributed by atoms with Gasteiger partial charge in [-0.2, -0.15) is 0 Å². The van der Waals surface area contributed by atoms with Crippen molar-refractivity contribution < 1.29 is 28.2 Å². The van der Waals surface area contributed by atoms with Gasteiger partial charge in [0.05, 0.1) is 6.10 Å². The molecule has 2 rings (SSSR count). The number of carboxylic acids is 1. The Morgan fingerprint density at radius 2 is 2.14 bits per heavy atom. The Bertz CT molecular complexity index is 550. The van der Waals surface area contributed by atoms with E-state index in [-0.39, 0.29) is 30.2 Å². The van der Waals surface area contributed by atoms with Gasteiger partial charge < -0.3 is 14.7 Å². The summed E-state index contributed by atoms with van der Waals surface area (Å²) in [6.07, 6.45) is -2.86. The molecule has 0 radical (unpaired) electrons. The third-order valence-electron chi connectivity index (χ3n) is 3.53. The van der Waals surface area contributed by atoms with Crippen molar-refractivity contribution in [3.63, 3.8) is 0 Å². The second-order valence-electron chi connectivity index (χ2n) is 4.83. The number of nitrogens with zero attached hydrogens (tertiary/aromatic N) is 1. The smallest absolute Gasteiger partial charge is 0.326 e. The monoisotopic (exact) mass is 299 g/mol. The standard InChI is InChI=1S/C14H15F2NO4/c1-21-10-6-11(14(19)20)17(7-10)13(18)9-4-2-3-8(5-9)12(15)16/h2-5,10-12H,6-7H2,1H3,(H,19,20). The van der Waals surface area contributed by atoms with Crippen molar-refractivity contribution in [2.45, 2.75) is 25.0 Å². The minimum atomic E-state index is -2.68. The predicted octanol–water partition coefficient (Wildman–Crippen LogP) is 1.94. The second kappa shape index (κ2) is 6.17. The Morgan fingerprint density at radius 3 is 2.71 bits per heavy atom. The number of hydrogen-bond acceptors (Lipinski definition) is 3. The Balaban J connectivity index is 2.25. The maximum Gasteiger partial charge on any atom is 0.326 e. The minimum Gasteiger partial charge on any atom is -0.480 e. The lowest BCUT2D eigenvalue weighted by Crippen LogP contribution is -2.40. The van der Waals surface area contributed by atoms with Gasteiger partial charge in [0.1, 0.15) is 6.04 Å². The van der Waals surface area contributed by atoms with Gasteiger partial charge in [0.2, 0.25) is 0 Å². The number of carboxylic acid groups (broad SMARTS) is 1. The number of rotatable bonds is 4. The van der Waals surface area contributed by atoms with E-state index in [4.69, 9.17) is 9.84 Å². The molecule has 1 aliphatic heterocycles. The number of methoxy groups -OCH3 is 1. The summed E-state index contributed by atoms with van der Waals surface area (Å²) in [5.41, 5.74) is -0.217. The number of carbonyl (C=O) groups excluding carboxylic acids is 1. The van der Waals surface area contributed by atoms with Gasteiger partial charge in [-0.25, -0.2) is 13.6 Å². The lowest BCUT2D eigenvalue weighted by atomic mass is 10.1. The summed E-state index contributed by atoms with van der Waals surface area (Å²) in [5, 5.41) is 9.17. The number of benzene rings is 1. The third-order valence-corrected chi connectivity index (χ3v) is 3.53. The van der Waals surface area contributed by atoms with Gasteiger partial charge in [0.25, 0.3) is 12.3 Å². The Hall–Kier alpha value is -2.02. The summed E-state index contributed by atoms with van der Waals surface area (Å²) in [4.78, 5) is 24.7. The van der Waals surface area contributed by atoms with Gasteiger partial charge in [-0.1, -0.05) is 12.1 Å². The zero-order chi connectivity index (χ0) is 15.6. The Kier molecular flexibility index (Phi) is 4.52. The quantitative estimate of drug-likeness (QED) is 0.922. The minimum absolute atomic E-state index is 0.0517. The Morgan fingerprint density at radius 1 is 1.43 bits per heavy atom. The zero-order valence-corrected chi connectivity index (χ0v) is 11.3. The van der Waals surface area contributed by atoms with Crippen LogP contribution in [0, 0.1) is 0 Å². The number of carbonyl (C=O) groups is 2. The molecule has 5 nitrogen and oxygen atoms in total. The largest absolute Gasteiger partial charge is 0.480 e. The molecule has 1 aromatic rings. The number of aliphatic carboxylic acids is 1. The van der Waals surface area contributed by atoms with Gasteiger partial charge in [-0.05, 0) is 12.1 Å². The summed E-state index contributed by atoms with van der Waals surface area (Å²) in [6, 6.07) is 4.06. The number of ether oxygens (including phenoxy) is 1. The summed E-state index contributed by atoms with van der Waals surface area (Å²) < 4.78 is 30.4. The average Bonchev–Trinajstić information content (AvgIpc) is 2.91. The highest BCUT2D eigenvalue weighted by atomic mass is 19.3. The number of alkyl halides is 2. The first-order valence-corrected chi connectivity index (χ1v) is 6.38. The molecule has 1 aromatic carbocycles. The van der Waals surface area contributed by atoms with E-state index in [9.17, 15) is 18.4 Å². The second-order valence-corrected chi connectivity index (χ2v) is 4.83. The van der Waals surface area contributed by atoms with Crippen LogP contribution in [0.25, 0.3) is 0 Å². The molecule has 0 saturated carbocycles. The van der Waals surface area contributed by atoms with E-state index in [2.05, 4.69) is 0 Å². The van der Waals surface area contributed by atoms with Crippen LogP contribution in [0.5, 0.6) is 0 Å². The molecule has 1 amide bonds. The third kappa shape index (κ3) is 3.18. The molecule has 0 aromatic heterocycles. The molecule has 0 aliphatic carbocycles. The molecule has 114 valence electrons. The van der Waals surface area contributed by atoms with Crippen LogP contribution in [0.4, 0.5) is 8.78 Å². The van der Waals surface area contributed by atoms with E-state index in [0.29, 0.717) is 0 Å². The van der Waals surface area contributed by atoms with E-state index in [1.54, 1.807) is 0 Å². The van der Waals surface area contributed by atoms with Crippen LogP contribution in [0.3, 0.4) is 0 Å². The highest BCUT2D eigenvalue weighted by molar-refractivity contribution is 5.97. The molecule has 0 bridgehead atoms. The fourth-order valence-electron chi connectivity index (χ4n) is 2.40. The molecule has 1 aliphatic rings. The molecule has 21 heavy (non-hydrogen) atoms. The molecule has 0 spiro atoms. The van der Waals surface area contributed by atoms with E-state index < -0.39 is 24.3 Å². The summed E-state index contributed by atoms with van der Waals surface area (Å²) >= 11 is 0. The molecule has 7 heteroatoms. The molecule has 1 fully saturated rings. The van der Waals surface area contributed by atoms with Crippen molar-refractivity contribution in [3.05, 3.63) is 35.4 Å². The van der Waals surface area contributed by atoms with Crippen LogP contribution in [0.2, 0.25) is 0 Å². The van der Waals surface area contributed by atoms with Crippen LogP contribution in [0.1, 0.15) is 28.8 Å². The van der Waals surface area contributed by atoms with Crippen LogP contribution < -0.4 is 0 Å². The molecular formula is C14H15F2NO4. The number of halogens is 2. The number of amides is 1. The number of hydrogen-bond donors (Lipinski definition) is 1. The van der Waals surface area contributed by atoms with Crippen LogP contribution in [-0.4, -0.2) is 47.7 Å². The number of likely N-dealkylation sites (tertiary alicyclic amines) is 1. The molecule has 1 saturated heterocycles. The maximum absolute atomic E-state index is 12.7. The zero-order valence-electron chi connectivity index (χ0n) is 11.3. The van der Waals surface area contributed by atoms with Crippen LogP contribution in [-0.2, 0) is 9.53 Å². The SMILES string of the molecule is COC1CC(C(=O)O)N(C(=O)c2cccc(C(F)F)c2)C1. The predicted molar refractivity (Wildman–Crippen MR) is 69.3 cm³/mol. The normalized spacial score (nSPS) is 21.8. The fraction of sp³-hybridized carbons (Fsp3) is 0.429. The average molecular weight is 299 g/mol. The molecular weight excluding hydrogens is 284 g/mol. The molecule has 1 N–H and O–H groups in total. The molecule has 2 unspecified atom stereocenters. The van der Waals surface area contributed by atoms with Gasteiger partial charge >= 0.3 is 5.97 Å². The van der Waals surface area contributed by atoms with Gasteiger partial charge in [0.15, 0.2) is 0 Å².